The van der Waals surface area contributed by atoms with E-state index in [1.807, 2.05) is 31.2 Å². The summed E-state index contributed by atoms with van der Waals surface area (Å²) in [4.78, 5) is 14.6. The van der Waals surface area contributed by atoms with Crippen LogP contribution in [0.25, 0.3) is 6.08 Å². The molecule has 8 heteroatoms. The van der Waals surface area contributed by atoms with E-state index >= 15 is 0 Å². The summed E-state index contributed by atoms with van der Waals surface area (Å²) < 4.78 is 13.1. The van der Waals surface area contributed by atoms with Crippen molar-refractivity contribution in [3.63, 3.8) is 0 Å². The average Bonchev–Trinajstić information content (AvgIpc) is 2.94. The number of carbonyl (C=O) groups is 1. The first-order valence-corrected chi connectivity index (χ1v) is 10.9. The van der Waals surface area contributed by atoms with Crippen molar-refractivity contribution in [2.75, 3.05) is 19.8 Å². The maximum Gasteiger partial charge on any atom is 0.266 e. The van der Waals surface area contributed by atoms with Crippen LogP contribution in [0.3, 0.4) is 0 Å². The molecular weight excluding hydrogens is 482 g/mol. The monoisotopic (exact) mass is 497 g/mol. The number of carbonyl (C=O) groups excluding carboxylic acids is 1. The van der Waals surface area contributed by atoms with Crippen molar-refractivity contribution in [3.05, 3.63) is 62.4 Å². The highest BCUT2D eigenvalue weighted by atomic mass is 79.9. The minimum absolute atomic E-state index is 0.0954. The summed E-state index contributed by atoms with van der Waals surface area (Å²) in [5.74, 6) is 1.30. The molecule has 2 aromatic carbocycles. The van der Waals surface area contributed by atoms with E-state index in [0.717, 1.165) is 15.8 Å². The summed E-state index contributed by atoms with van der Waals surface area (Å²) in [7, 11) is 0. The number of benzene rings is 2. The third-order valence-corrected chi connectivity index (χ3v) is 6.01. The lowest BCUT2D eigenvalue weighted by Gasteiger charge is -2.12. The van der Waals surface area contributed by atoms with Gasteiger partial charge in [-0.05, 0) is 55.5 Å². The van der Waals surface area contributed by atoms with Gasteiger partial charge < -0.3 is 9.47 Å². The van der Waals surface area contributed by atoms with Crippen LogP contribution in [0, 0.1) is 0 Å². The van der Waals surface area contributed by atoms with Gasteiger partial charge in [-0.15, -0.1) is 0 Å². The minimum atomic E-state index is -0.0954. The molecule has 1 aliphatic heterocycles. The van der Waals surface area contributed by atoms with E-state index in [2.05, 4.69) is 15.9 Å². The number of nitrogens with zero attached hydrogens (tertiary/aromatic N) is 1. The number of hydrogen-bond acceptors (Lipinski definition) is 5. The van der Waals surface area contributed by atoms with Gasteiger partial charge in [0.05, 0.1) is 4.91 Å². The SMILES string of the molecule is CCN1C(=O)/C(=C/c2cc(Cl)ccc2OCCOc2ccc(Br)cc2)SC1=S. The van der Waals surface area contributed by atoms with Gasteiger partial charge in [0.2, 0.25) is 0 Å². The maximum absolute atomic E-state index is 12.4. The molecule has 0 N–H and O–H groups in total. The lowest BCUT2D eigenvalue weighted by Crippen LogP contribution is -2.27. The maximum atomic E-state index is 12.4. The summed E-state index contributed by atoms with van der Waals surface area (Å²) >= 11 is 16.1. The van der Waals surface area contributed by atoms with Crippen molar-refractivity contribution in [2.45, 2.75) is 6.92 Å². The molecule has 0 aromatic heterocycles. The molecule has 0 radical (unpaired) electrons. The molecule has 0 saturated carbocycles. The first-order chi connectivity index (χ1) is 13.5. The van der Waals surface area contributed by atoms with Crippen LogP contribution in [0.2, 0.25) is 5.02 Å². The lowest BCUT2D eigenvalue weighted by molar-refractivity contribution is -0.121. The number of thiocarbonyl (C=S) groups is 1. The van der Waals surface area contributed by atoms with Gasteiger partial charge in [-0.3, -0.25) is 9.69 Å². The van der Waals surface area contributed by atoms with Crippen LogP contribution in [-0.4, -0.2) is 34.9 Å². The first-order valence-electron chi connectivity index (χ1n) is 8.54. The number of halogens is 2. The summed E-state index contributed by atoms with van der Waals surface area (Å²) in [5.41, 5.74) is 0.729. The normalized spacial score (nSPS) is 15.4. The van der Waals surface area contributed by atoms with Gasteiger partial charge in [-0.25, -0.2) is 0 Å². The molecular formula is C20H17BrClNO3S2. The Kier molecular flexibility index (Phi) is 7.40. The van der Waals surface area contributed by atoms with Crippen LogP contribution in [0.1, 0.15) is 12.5 Å². The molecule has 0 aliphatic carbocycles. The Morgan fingerprint density at radius 1 is 1.18 bits per heavy atom. The van der Waals surface area contributed by atoms with Crippen LogP contribution < -0.4 is 9.47 Å². The summed E-state index contributed by atoms with van der Waals surface area (Å²) in [6.07, 6.45) is 1.77. The van der Waals surface area contributed by atoms with Crippen LogP contribution in [0.5, 0.6) is 11.5 Å². The van der Waals surface area contributed by atoms with Crippen molar-refractivity contribution < 1.29 is 14.3 Å². The third kappa shape index (κ3) is 5.29. The fourth-order valence-electron chi connectivity index (χ4n) is 2.52. The van der Waals surface area contributed by atoms with Gasteiger partial charge in [0.25, 0.3) is 5.91 Å². The standard InChI is InChI=1S/C20H17BrClNO3S2/c1-2-23-19(24)18(28-20(23)27)12-13-11-15(22)5-8-17(13)26-10-9-25-16-6-3-14(21)4-7-16/h3-8,11-12H,2,9-10H2,1H3/b18-12-. The van der Waals surface area contributed by atoms with Gasteiger partial charge >= 0.3 is 0 Å². The molecule has 28 heavy (non-hydrogen) atoms. The van der Waals surface area contributed by atoms with Gasteiger partial charge in [-0.2, -0.15) is 0 Å². The topological polar surface area (TPSA) is 38.8 Å². The fraction of sp³-hybridized carbons (Fsp3) is 0.200. The Morgan fingerprint density at radius 3 is 2.57 bits per heavy atom. The van der Waals surface area contributed by atoms with Crippen molar-refractivity contribution in [3.8, 4) is 11.5 Å². The molecule has 0 unspecified atom stereocenters. The molecule has 146 valence electrons. The first kappa shape index (κ1) is 21.2. The summed E-state index contributed by atoms with van der Waals surface area (Å²) in [6.45, 7) is 3.19. The Hall–Kier alpha value is -1.54. The fourth-order valence-corrected chi connectivity index (χ4v) is 4.34. The second-order valence-electron chi connectivity index (χ2n) is 5.76. The van der Waals surface area contributed by atoms with Crippen LogP contribution in [0.4, 0.5) is 0 Å². The van der Waals surface area contributed by atoms with E-state index in [1.54, 1.807) is 29.2 Å². The average molecular weight is 499 g/mol. The van der Waals surface area contributed by atoms with Crippen LogP contribution in [0.15, 0.2) is 51.8 Å². The smallest absolute Gasteiger partial charge is 0.266 e. The number of thioether (sulfide) groups is 1. The molecule has 0 spiro atoms. The van der Waals surface area contributed by atoms with Gasteiger partial charge in [-0.1, -0.05) is 51.5 Å². The molecule has 0 atom stereocenters. The van der Waals surface area contributed by atoms with E-state index in [-0.39, 0.29) is 5.91 Å². The van der Waals surface area contributed by atoms with Crippen LogP contribution in [-0.2, 0) is 4.79 Å². The Balaban J connectivity index is 1.67. The minimum Gasteiger partial charge on any atom is -0.490 e. The molecule has 2 aromatic rings. The largest absolute Gasteiger partial charge is 0.490 e. The number of amides is 1. The van der Waals surface area contributed by atoms with E-state index in [0.29, 0.717) is 39.8 Å². The highest BCUT2D eigenvalue weighted by Crippen LogP contribution is 2.34. The number of ether oxygens (including phenoxy) is 2. The van der Waals surface area contributed by atoms with Crippen molar-refractivity contribution in [2.24, 2.45) is 0 Å². The Bertz CT molecular complexity index is 918. The molecule has 1 heterocycles. The molecule has 4 nitrogen and oxygen atoms in total. The molecule has 1 aliphatic rings. The number of likely N-dealkylation sites (N-methyl/N-ethyl adjacent to an activating group) is 1. The zero-order chi connectivity index (χ0) is 20.1. The van der Waals surface area contributed by atoms with E-state index in [4.69, 9.17) is 33.3 Å². The molecule has 1 amide bonds. The van der Waals surface area contributed by atoms with Gasteiger partial charge in [0.1, 0.15) is 29.0 Å². The predicted molar refractivity (Wildman–Crippen MR) is 122 cm³/mol. The quantitative estimate of drug-likeness (QED) is 0.275. The molecule has 1 saturated heterocycles. The highest BCUT2D eigenvalue weighted by Gasteiger charge is 2.30. The number of rotatable bonds is 7. The van der Waals surface area contributed by atoms with Gasteiger partial charge in [0, 0.05) is 21.6 Å². The van der Waals surface area contributed by atoms with E-state index in [9.17, 15) is 4.79 Å². The molecule has 0 bridgehead atoms. The third-order valence-electron chi connectivity index (χ3n) is 3.87. The zero-order valence-electron chi connectivity index (χ0n) is 15.0. The number of hydrogen-bond donors (Lipinski definition) is 0. The van der Waals surface area contributed by atoms with E-state index < -0.39 is 0 Å². The zero-order valence-corrected chi connectivity index (χ0v) is 19.0. The predicted octanol–water partition coefficient (Wildman–Crippen LogP) is 5.78. The Labute approximate surface area is 187 Å². The van der Waals surface area contributed by atoms with Crippen LogP contribution >= 0.6 is 51.5 Å². The van der Waals surface area contributed by atoms with Crippen molar-refractivity contribution in [1.82, 2.24) is 4.90 Å². The van der Waals surface area contributed by atoms with Crippen molar-refractivity contribution in [1.29, 1.82) is 0 Å². The van der Waals surface area contributed by atoms with Crippen molar-refractivity contribution >= 4 is 67.8 Å². The lowest BCUT2D eigenvalue weighted by atomic mass is 10.2. The summed E-state index contributed by atoms with van der Waals surface area (Å²) in [6, 6.07) is 12.9. The Morgan fingerprint density at radius 2 is 1.89 bits per heavy atom. The van der Waals surface area contributed by atoms with Gasteiger partial charge in [0.15, 0.2) is 0 Å². The van der Waals surface area contributed by atoms with E-state index in [1.165, 1.54) is 11.8 Å². The molecule has 3 rings (SSSR count). The highest BCUT2D eigenvalue weighted by molar-refractivity contribution is 9.10. The molecule has 1 fully saturated rings. The summed E-state index contributed by atoms with van der Waals surface area (Å²) in [5, 5.41) is 0.565. The second-order valence-corrected chi connectivity index (χ2v) is 8.79. The second kappa shape index (κ2) is 9.78.